The van der Waals surface area contributed by atoms with E-state index in [9.17, 15) is 23.1 Å². The van der Waals surface area contributed by atoms with Gasteiger partial charge < -0.3 is 15.2 Å². The molecule has 0 aliphatic rings. The molecule has 1 atom stereocenters. The number of benzene rings is 4. The maximum atomic E-state index is 13.5. The molecule has 0 radical (unpaired) electrons. The third kappa shape index (κ3) is 8.61. The van der Waals surface area contributed by atoms with E-state index in [1.54, 1.807) is 49.4 Å². The molecule has 1 heterocycles. The number of hydrogen-bond donors (Lipinski definition) is 3. The Hall–Kier alpha value is -5.71. The van der Waals surface area contributed by atoms with Gasteiger partial charge in [-0.2, -0.15) is 0 Å². The Bertz CT molecular complexity index is 2200. The molecular weight excluding hydrogens is 662 g/mol. The average Bonchev–Trinajstić information content (AvgIpc) is 3.09. The number of aliphatic carboxylic acids is 1. The van der Waals surface area contributed by atoms with Gasteiger partial charge in [-0.05, 0) is 67.4 Å². The lowest BCUT2D eigenvalue weighted by Gasteiger charge is -2.18. The van der Waals surface area contributed by atoms with Crippen LogP contribution in [-0.4, -0.2) is 36.4 Å². The maximum absolute atomic E-state index is 13.5. The number of sulfonamides is 1. The van der Waals surface area contributed by atoms with Crippen LogP contribution >= 0.6 is 11.6 Å². The largest absolute Gasteiger partial charge is 0.480 e. The normalized spacial score (nSPS) is 12.6. The molecule has 3 N–H and O–H groups in total. The molecule has 11 heteroatoms. The number of carbonyl (C=O) groups is 2. The molecule has 0 spiro atoms. The number of aromatic nitrogens is 1. The maximum Gasteiger partial charge on any atom is 0.326 e. The molecule has 5 rings (SSSR count). The zero-order chi connectivity index (χ0) is 35.0. The number of carbonyl (C=O) groups excluding carboxylic acids is 1. The molecule has 0 aliphatic heterocycles. The molecule has 4 aromatic carbocycles. The van der Waals surface area contributed by atoms with E-state index in [4.69, 9.17) is 16.3 Å². The molecule has 248 valence electrons. The monoisotopic (exact) mass is 693 g/mol. The fraction of sp³-hybridized carbons (Fsp3) is 0.0789. The summed E-state index contributed by atoms with van der Waals surface area (Å²) in [7, 11) is -4.22. The van der Waals surface area contributed by atoms with E-state index in [0.717, 1.165) is 11.1 Å². The van der Waals surface area contributed by atoms with Crippen LogP contribution in [0.2, 0.25) is 5.02 Å². The highest BCUT2D eigenvalue weighted by molar-refractivity contribution is 7.93. The second-order valence-electron chi connectivity index (χ2n) is 10.9. The number of pyridine rings is 1. The number of ether oxygens (including phenoxy) is 1. The van der Waals surface area contributed by atoms with Gasteiger partial charge in [-0.1, -0.05) is 96.6 Å². The molecule has 0 aliphatic carbocycles. The number of halogens is 1. The Morgan fingerprint density at radius 3 is 2.43 bits per heavy atom. The van der Waals surface area contributed by atoms with Crippen molar-refractivity contribution in [2.24, 2.45) is 0 Å². The minimum absolute atomic E-state index is 0.0482. The summed E-state index contributed by atoms with van der Waals surface area (Å²) in [5.74, 6) is -0.815. The standard InChI is InChI=1S/C38H32ClN3O6S/c1-3-26(30-15-7-8-16-34(30)48-29-13-5-4-6-14-29)19-18-25(2)23-33(38(44)45)41-37(43)31-24-28(39)20-21-32(31)42-49(46,47)35-17-9-11-27-12-10-22-40-36(27)35/h3-22,24,33,42H,1,23H2,2H3,(H,41,43)(H,44,45)/b25-18+,26-19+/t33-/m0/s1. The quantitative estimate of drug-likeness (QED) is 0.106. The zero-order valence-corrected chi connectivity index (χ0v) is 27.9. The van der Waals surface area contributed by atoms with Crippen LogP contribution in [0.4, 0.5) is 5.69 Å². The van der Waals surface area contributed by atoms with Crippen molar-refractivity contribution >= 4 is 55.7 Å². The van der Waals surface area contributed by atoms with E-state index in [-0.39, 0.29) is 33.1 Å². The summed E-state index contributed by atoms with van der Waals surface area (Å²) in [6, 6.07) is 27.7. The summed E-state index contributed by atoms with van der Waals surface area (Å²) in [5.41, 5.74) is 2.18. The molecule has 1 amide bonds. The van der Waals surface area contributed by atoms with Gasteiger partial charge in [-0.15, -0.1) is 0 Å². The van der Waals surface area contributed by atoms with Crippen molar-refractivity contribution in [3.8, 4) is 11.5 Å². The molecule has 0 fully saturated rings. The lowest BCUT2D eigenvalue weighted by Crippen LogP contribution is -2.41. The lowest BCUT2D eigenvalue weighted by atomic mass is 10.0. The average molecular weight is 694 g/mol. The van der Waals surface area contributed by atoms with Crippen molar-refractivity contribution < 1.29 is 27.9 Å². The Labute approximate surface area is 289 Å². The van der Waals surface area contributed by atoms with Crippen LogP contribution in [0.15, 0.2) is 145 Å². The first-order chi connectivity index (χ1) is 23.6. The van der Waals surface area contributed by atoms with E-state index in [2.05, 4.69) is 21.6 Å². The molecule has 5 aromatic rings. The van der Waals surface area contributed by atoms with E-state index in [1.807, 2.05) is 54.6 Å². The van der Waals surface area contributed by atoms with E-state index < -0.39 is 27.9 Å². The molecule has 9 nitrogen and oxygen atoms in total. The number of carboxylic acids is 1. The summed E-state index contributed by atoms with van der Waals surface area (Å²) in [6.07, 6.45) is 6.65. The highest BCUT2D eigenvalue weighted by Gasteiger charge is 2.25. The van der Waals surface area contributed by atoms with Crippen molar-refractivity contribution in [2.45, 2.75) is 24.3 Å². The molecule has 0 saturated carbocycles. The first-order valence-corrected chi connectivity index (χ1v) is 16.9. The highest BCUT2D eigenvalue weighted by atomic mass is 35.5. The minimum Gasteiger partial charge on any atom is -0.480 e. The molecular formula is C38H32ClN3O6S. The summed E-state index contributed by atoms with van der Waals surface area (Å²) in [6.45, 7) is 5.67. The Kier molecular flexibility index (Phi) is 10.9. The Balaban J connectivity index is 1.35. The van der Waals surface area contributed by atoms with Crippen molar-refractivity contribution in [2.75, 3.05) is 4.72 Å². The summed E-state index contributed by atoms with van der Waals surface area (Å²) < 4.78 is 35.5. The number of allylic oxidation sites excluding steroid dienone is 4. The Morgan fingerprint density at radius 2 is 1.67 bits per heavy atom. The number of amides is 1. The number of hydrogen-bond acceptors (Lipinski definition) is 6. The van der Waals surface area contributed by atoms with Gasteiger partial charge in [0.25, 0.3) is 15.9 Å². The van der Waals surface area contributed by atoms with Crippen molar-refractivity contribution in [3.05, 3.63) is 156 Å². The number of fused-ring (bicyclic) bond motifs is 1. The number of para-hydroxylation sites is 3. The summed E-state index contributed by atoms with van der Waals surface area (Å²) in [5, 5.41) is 13.3. The van der Waals surface area contributed by atoms with Crippen molar-refractivity contribution in [1.82, 2.24) is 10.3 Å². The molecule has 0 unspecified atom stereocenters. The number of rotatable bonds is 13. The number of nitrogens with zero attached hydrogens (tertiary/aromatic N) is 1. The van der Waals surface area contributed by atoms with E-state index in [1.165, 1.54) is 30.5 Å². The Morgan fingerprint density at radius 1 is 0.939 bits per heavy atom. The van der Waals surface area contributed by atoms with Gasteiger partial charge in [0.1, 0.15) is 22.4 Å². The van der Waals surface area contributed by atoms with Crippen molar-refractivity contribution in [1.29, 1.82) is 0 Å². The molecule has 0 saturated heterocycles. The molecule has 0 bridgehead atoms. The predicted molar refractivity (Wildman–Crippen MR) is 192 cm³/mol. The minimum atomic E-state index is -4.22. The van der Waals surface area contributed by atoms with Gasteiger partial charge in [0.05, 0.1) is 16.8 Å². The van der Waals surface area contributed by atoms with Crippen LogP contribution in [0.25, 0.3) is 16.5 Å². The van der Waals surface area contributed by atoms with Gasteiger partial charge in [0, 0.05) is 22.2 Å². The fourth-order valence-electron chi connectivity index (χ4n) is 5.02. The SMILES string of the molecule is C=C/C(=C\C=C(/C)C[C@H](NC(=O)c1cc(Cl)ccc1NS(=O)(=O)c1cccc2cccnc12)C(=O)O)c1ccccc1Oc1ccccc1. The smallest absolute Gasteiger partial charge is 0.326 e. The lowest BCUT2D eigenvalue weighted by molar-refractivity contribution is -0.139. The van der Waals surface area contributed by atoms with Crippen LogP contribution in [0.3, 0.4) is 0 Å². The van der Waals surface area contributed by atoms with Crippen LogP contribution in [0.1, 0.15) is 29.3 Å². The third-order valence-corrected chi connectivity index (χ3v) is 9.05. The molecule has 49 heavy (non-hydrogen) atoms. The highest BCUT2D eigenvalue weighted by Crippen LogP contribution is 2.31. The third-order valence-electron chi connectivity index (χ3n) is 7.42. The van der Waals surface area contributed by atoms with Gasteiger partial charge in [0.2, 0.25) is 0 Å². The number of nitrogens with one attached hydrogen (secondary N) is 2. The van der Waals surface area contributed by atoms with Gasteiger partial charge >= 0.3 is 5.97 Å². The van der Waals surface area contributed by atoms with Crippen LogP contribution in [0, 0.1) is 0 Å². The first-order valence-electron chi connectivity index (χ1n) is 15.1. The predicted octanol–water partition coefficient (Wildman–Crippen LogP) is 8.27. The van der Waals surface area contributed by atoms with Gasteiger partial charge in [0.15, 0.2) is 0 Å². The molecule has 1 aromatic heterocycles. The first kappa shape index (κ1) is 34.6. The second-order valence-corrected chi connectivity index (χ2v) is 13.0. The van der Waals surface area contributed by atoms with Crippen LogP contribution in [-0.2, 0) is 14.8 Å². The van der Waals surface area contributed by atoms with E-state index >= 15 is 0 Å². The second kappa shape index (κ2) is 15.5. The van der Waals surface area contributed by atoms with E-state index in [0.29, 0.717) is 22.5 Å². The zero-order valence-electron chi connectivity index (χ0n) is 26.3. The van der Waals surface area contributed by atoms with Gasteiger partial charge in [-0.3, -0.25) is 14.5 Å². The summed E-state index contributed by atoms with van der Waals surface area (Å²) >= 11 is 6.19. The van der Waals surface area contributed by atoms with Gasteiger partial charge in [-0.25, -0.2) is 13.2 Å². The topological polar surface area (TPSA) is 135 Å². The number of anilines is 1. The number of carboxylic acid groups (broad SMARTS) is 1. The van der Waals surface area contributed by atoms with Crippen LogP contribution in [0.5, 0.6) is 11.5 Å². The summed E-state index contributed by atoms with van der Waals surface area (Å²) in [4.78, 5) is 29.9. The fourth-order valence-corrected chi connectivity index (χ4v) is 6.45. The van der Waals surface area contributed by atoms with Crippen molar-refractivity contribution in [3.63, 3.8) is 0 Å². The van der Waals surface area contributed by atoms with Crippen LogP contribution < -0.4 is 14.8 Å².